The molecule has 0 atom stereocenters. The third-order valence-corrected chi connectivity index (χ3v) is 3.56. The number of hydrogen-bond donors (Lipinski definition) is 1. The standard InChI is InChI=1S/C15H21N3O3/c1-17(12-6-3-4-7-13(12)21-2)14(19)15(20)18-10-5-8-16-9-11-18/h3-4,6-7,16H,5,8-11H2,1-2H3. The molecule has 6 nitrogen and oxygen atoms in total. The number of anilines is 1. The smallest absolute Gasteiger partial charge is 0.316 e. The largest absolute Gasteiger partial charge is 0.495 e. The predicted molar refractivity (Wildman–Crippen MR) is 80.5 cm³/mol. The van der Waals surface area contributed by atoms with Gasteiger partial charge in [0.1, 0.15) is 5.75 Å². The zero-order valence-corrected chi connectivity index (χ0v) is 12.5. The SMILES string of the molecule is COc1ccccc1N(C)C(=O)C(=O)N1CCCNCC1. The first kappa shape index (κ1) is 15.3. The summed E-state index contributed by atoms with van der Waals surface area (Å²) in [6, 6.07) is 7.15. The molecule has 1 N–H and O–H groups in total. The highest BCUT2D eigenvalue weighted by Gasteiger charge is 2.27. The molecule has 0 radical (unpaired) electrons. The molecular weight excluding hydrogens is 270 g/mol. The molecule has 1 fully saturated rings. The summed E-state index contributed by atoms with van der Waals surface area (Å²) >= 11 is 0. The van der Waals surface area contributed by atoms with Gasteiger partial charge >= 0.3 is 11.8 Å². The fraction of sp³-hybridized carbons (Fsp3) is 0.467. The molecule has 0 unspecified atom stereocenters. The number of benzene rings is 1. The molecule has 0 saturated carbocycles. The number of ether oxygens (including phenoxy) is 1. The van der Waals surface area contributed by atoms with Crippen LogP contribution in [-0.2, 0) is 9.59 Å². The van der Waals surface area contributed by atoms with E-state index in [1.54, 1.807) is 31.2 Å². The van der Waals surface area contributed by atoms with E-state index in [2.05, 4.69) is 5.32 Å². The van der Waals surface area contributed by atoms with Gasteiger partial charge < -0.3 is 19.9 Å². The number of hydrogen-bond acceptors (Lipinski definition) is 4. The first-order chi connectivity index (χ1) is 10.1. The van der Waals surface area contributed by atoms with Crippen molar-refractivity contribution in [2.45, 2.75) is 6.42 Å². The second-order valence-electron chi connectivity index (χ2n) is 4.93. The summed E-state index contributed by atoms with van der Waals surface area (Å²) in [5, 5.41) is 3.21. The van der Waals surface area contributed by atoms with Gasteiger partial charge in [0, 0.05) is 26.7 Å². The van der Waals surface area contributed by atoms with E-state index in [1.807, 2.05) is 12.1 Å². The summed E-state index contributed by atoms with van der Waals surface area (Å²) in [7, 11) is 3.13. The molecule has 0 bridgehead atoms. The summed E-state index contributed by atoms with van der Waals surface area (Å²) < 4.78 is 5.23. The van der Waals surface area contributed by atoms with E-state index in [4.69, 9.17) is 4.74 Å². The highest BCUT2D eigenvalue weighted by Crippen LogP contribution is 2.26. The van der Waals surface area contributed by atoms with E-state index in [9.17, 15) is 9.59 Å². The summed E-state index contributed by atoms with van der Waals surface area (Å²) in [6.07, 6.45) is 0.859. The fourth-order valence-corrected chi connectivity index (χ4v) is 2.34. The van der Waals surface area contributed by atoms with Gasteiger partial charge in [-0.1, -0.05) is 12.1 Å². The molecule has 2 amide bonds. The lowest BCUT2D eigenvalue weighted by atomic mass is 10.2. The molecule has 0 aliphatic carbocycles. The highest BCUT2D eigenvalue weighted by atomic mass is 16.5. The van der Waals surface area contributed by atoms with Gasteiger partial charge in [0.05, 0.1) is 12.8 Å². The van der Waals surface area contributed by atoms with Gasteiger partial charge in [-0.05, 0) is 25.1 Å². The third-order valence-electron chi connectivity index (χ3n) is 3.56. The number of amides is 2. The molecule has 1 heterocycles. The Kier molecular flexibility index (Phi) is 5.16. The van der Waals surface area contributed by atoms with Gasteiger partial charge in [-0.25, -0.2) is 0 Å². The number of para-hydroxylation sites is 2. The molecule has 2 rings (SSSR count). The van der Waals surface area contributed by atoms with Gasteiger partial charge in [0.15, 0.2) is 0 Å². The van der Waals surface area contributed by atoms with E-state index < -0.39 is 11.8 Å². The minimum atomic E-state index is -0.540. The van der Waals surface area contributed by atoms with Crippen molar-refractivity contribution in [2.24, 2.45) is 0 Å². The van der Waals surface area contributed by atoms with E-state index in [0.717, 1.165) is 19.5 Å². The molecule has 0 spiro atoms. The molecule has 1 aromatic carbocycles. The first-order valence-corrected chi connectivity index (χ1v) is 7.06. The van der Waals surface area contributed by atoms with Crippen LogP contribution in [0.1, 0.15) is 6.42 Å². The topological polar surface area (TPSA) is 61.9 Å². The number of carbonyl (C=O) groups excluding carboxylic acids is 2. The van der Waals surface area contributed by atoms with Crippen molar-refractivity contribution in [1.29, 1.82) is 0 Å². The second-order valence-corrected chi connectivity index (χ2v) is 4.93. The van der Waals surface area contributed by atoms with Crippen LogP contribution in [0.15, 0.2) is 24.3 Å². The lowest BCUT2D eigenvalue weighted by Gasteiger charge is -2.24. The normalized spacial score (nSPS) is 15.2. The fourth-order valence-electron chi connectivity index (χ4n) is 2.34. The first-order valence-electron chi connectivity index (χ1n) is 7.06. The zero-order chi connectivity index (χ0) is 15.2. The van der Waals surface area contributed by atoms with Gasteiger partial charge in [0.25, 0.3) is 0 Å². The third kappa shape index (κ3) is 3.52. The summed E-state index contributed by atoms with van der Waals surface area (Å²) in [5.41, 5.74) is 0.589. The van der Waals surface area contributed by atoms with Crippen molar-refractivity contribution >= 4 is 17.5 Å². The molecule has 6 heteroatoms. The van der Waals surface area contributed by atoms with Crippen LogP contribution < -0.4 is 15.0 Å². The van der Waals surface area contributed by atoms with E-state index >= 15 is 0 Å². The number of nitrogens with one attached hydrogen (secondary N) is 1. The Bertz CT molecular complexity index is 511. The number of carbonyl (C=O) groups is 2. The molecule has 1 aliphatic rings. The maximum atomic E-state index is 12.4. The average Bonchev–Trinajstić information content (AvgIpc) is 2.82. The summed E-state index contributed by atoms with van der Waals surface area (Å²) in [4.78, 5) is 27.7. The predicted octanol–water partition coefficient (Wildman–Crippen LogP) is 0.480. The van der Waals surface area contributed by atoms with Crippen molar-refractivity contribution in [3.8, 4) is 5.75 Å². The molecular formula is C15H21N3O3. The molecule has 1 aliphatic heterocycles. The minimum absolute atomic E-state index is 0.466. The maximum absolute atomic E-state index is 12.4. The van der Waals surface area contributed by atoms with Crippen LogP contribution >= 0.6 is 0 Å². The Balaban J connectivity index is 2.12. The zero-order valence-electron chi connectivity index (χ0n) is 12.5. The van der Waals surface area contributed by atoms with Gasteiger partial charge in [-0.3, -0.25) is 9.59 Å². The average molecular weight is 291 g/mol. The van der Waals surface area contributed by atoms with Crippen molar-refractivity contribution < 1.29 is 14.3 Å². The molecule has 1 aromatic rings. The van der Waals surface area contributed by atoms with Crippen LogP contribution in [0.4, 0.5) is 5.69 Å². The van der Waals surface area contributed by atoms with E-state index in [1.165, 1.54) is 4.90 Å². The molecule has 1 saturated heterocycles. The molecule has 0 aromatic heterocycles. The summed E-state index contributed by atoms with van der Waals surface area (Å²) in [5.74, 6) is -0.438. The van der Waals surface area contributed by atoms with E-state index in [0.29, 0.717) is 24.5 Å². The van der Waals surface area contributed by atoms with Crippen molar-refractivity contribution in [3.63, 3.8) is 0 Å². The number of methoxy groups -OCH3 is 1. The molecule has 114 valence electrons. The number of nitrogens with zero attached hydrogens (tertiary/aromatic N) is 2. The summed E-state index contributed by atoms with van der Waals surface area (Å²) in [6.45, 7) is 2.76. The van der Waals surface area contributed by atoms with Gasteiger partial charge in [-0.2, -0.15) is 0 Å². The Hall–Kier alpha value is -2.08. The van der Waals surface area contributed by atoms with Crippen molar-refractivity contribution in [3.05, 3.63) is 24.3 Å². The lowest BCUT2D eigenvalue weighted by molar-refractivity contribution is -0.144. The Labute approximate surface area is 124 Å². The van der Waals surface area contributed by atoms with Crippen molar-refractivity contribution in [1.82, 2.24) is 10.2 Å². The Morgan fingerprint density at radius 3 is 2.76 bits per heavy atom. The number of rotatable bonds is 2. The van der Waals surface area contributed by atoms with Gasteiger partial charge in [0.2, 0.25) is 0 Å². The highest BCUT2D eigenvalue weighted by molar-refractivity contribution is 6.40. The molecule has 21 heavy (non-hydrogen) atoms. The Morgan fingerprint density at radius 1 is 1.24 bits per heavy atom. The van der Waals surface area contributed by atoms with Crippen LogP contribution in [-0.4, -0.2) is 57.1 Å². The second kappa shape index (κ2) is 7.08. The van der Waals surface area contributed by atoms with Crippen LogP contribution in [0, 0.1) is 0 Å². The monoisotopic (exact) mass is 291 g/mol. The quantitative estimate of drug-likeness (QED) is 0.805. The van der Waals surface area contributed by atoms with E-state index in [-0.39, 0.29) is 0 Å². The Morgan fingerprint density at radius 2 is 2.00 bits per heavy atom. The van der Waals surface area contributed by atoms with Crippen LogP contribution in [0.2, 0.25) is 0 Å². The minimum Gasteiger partial charge on any atom is -0.495 e. The maximum Gasteiger partial charge on any atom is 0.316 e. The van der Waals surface area contributed by atoms with Crippen LogP contribution in [0.3, 0.4) is 0 Å². The number of likely N-dealkylation sites (N-methyl/N-ethyl adjacent to an activating group) is 1. The van der Waals surface area contributed by atoms with Crippen molar-refractivity contribution in [2.75, 3.05) is 45.2 Å². The van der Waals surface area contributed by atoms with Crippen LogP contribution in [0.5, 0.6) is 5.75 Å². The van der Waals surface area contributed by atoms with Gasteiger partial charge in [-0.15, -0.1) is 0 Å². The van der Waals surface area contributed by atoms with Crippen LogP contribution in [0.25, 0.3) is 0 Å². The lowest BCUT2D eigenvalue weighted by Crippen LogP contribution is -2.45.